The molecule has 0 heterocycles. The first-order chi connectivity index (χ1) is 12.2. The summed E-state index contributed by atoms with van der Waals surface area (Å²) in [6.07, 6.45) is 1.05. The molecule has 0 aliphatic heterocycles. The second kappa shape index (κ2) is 8.21. The number of para-hydroxylation sites is 1. The second-order valence-electron chi connectivity index (χ2n) is 6.24. The Morgan fingerprint density at radius 1 is 1.00 bits per heavy atom. The zero-order valence-electron chi connectivity index (χ0n) is 14.7. The Kier molecular flexibility index (Phi) is 5.77. The van der Waals surface area contributed by atoms with Gasteiger partial charge in [-0.15, -0.1) is 11.8 Å². The van der Waals surface area contributed by atoms with Gasteiger partial charge in [-0.1, -0.05) is 62.4 Å². The third-order valence-electron chi connectivity index (χ3n) is 4.47. The number of nitrogens with one attached hydrogen (secondary N) is 1. The molecule has 128 valence electrons. The Hall–Kier alpha value is -2.26. The molecular formula is C22H23NOS. The Balaban J connectivity index is 1.65. The minimum atomic E-state index is 0.0360. The molecule has 0 radical (unpaired) electrons. The van der Waals surface area contributed by atoms with Crippen LogP contribution >= 0.6 is 11.8 Å². The lowest BCUT2D eigenvalue weighted by Gasteiger charge is -2.15. The van der Waals surface area contributed by atoms with Gasteiger partial charge in [0.2, 0.25) is 5.91 Å². The largest absolute Gasteiger partial charge is 0.325 e. The predicted molar refractivity (Wildman–Crippen MR) is 108 cm³/mol. The summed E-state index contributed by atoms with van der Waals surface area (Å²) >= 11 is 1.57. The molecule has 25 heavy (non-hydrogen) atoms. The SMILES string of the molecule is CCC(C)c1ccccc1NC(=O)CSc1ccc2ccccc2c1. The summed E-state index contributed by atoms with van der Waals surface area (Å²) in [6, 6.07) is 22.7. The number of hydrogen-bond donors (Lipinski definition) is 1. The summed E-state index contributed by atoms with van der Waals surface area (Å²) in [6.45, 7) is 4.35. The highest BCUT2D eigenvalue weighted by molar-refractivity contribution is 8.00. The molecule has 1 unspecified atom stereocenters. The Labute approximate surface area is 153 Å². The van der Waals surface area contributed by atoms with Gasteiger partial charge in [0.1, 0.15) is 0 Å². The van der Waals surface area contributed by atoms with Crippen LogP contribution in [0.25, 0.3) is 10.8 Å². The molecule has 0 aromatic heterocycles. The highest BCUT2D eigenvalue weighted by Crippen LogP contribution is 2.27. The van der Waals surface area contributed by atoms with Crippen molar-refractivity contribution in [1.29, 1.82) is 0 Å². The number of rotatable bonds is 6. The van der Waals surface area contributed by atoms with E-state index in [-0.39, 0.29) is 5.91 Å². The van der Waals surface area contributed by atoms with E-state index in [1.165, 1.54) is 16.3 Å². The van der Waals surface area contributed by atoms with Gasteiger partial charge in [0, 0.05) is 10.6 Å². The summed E-state index contributed by atoms with van der Waals surface area (Å²) in [5, 5.41) is 5.50. The van der Waals surface area contributed by atoms with Crippen LogP contribution in [0.5, 0.6) is 0 Å². The molecule has 0 bridgehead atoms. The molecule has 1 N–H and O–H groups in total. The van der Waals surface area contributed by atoms with Crippen molar-refractivity contribution in [3.05, 3.63) is 72.3 Å². The number of carbonyl (C=O) groups excluding carboxylic acids is 1. The van der Waals surface area contributed by atoms with Gasteiger partial charge in [0.25, 0.3) is 0 Å². The maximum atomic E-state index is 12.4. The highest BCUT2D eigenvalue weighted by atomic mass is 32.2. The van der Waals surface area contributed by atoms with Gasteiger partial charge >= 0.3 is 0 Å². The average Bonchev–Trinajstić information content (AvgIpc) is 2.66. The fourth-order valence-electron chi connectivity index (χ4n) is 2.85. The molecule has 3 rings (SSSR count). The van der Waals surface area contributed by atoms with Crippen LogP contribution in [0.3, 0.4) is 0 Å². The number of fused-ring (bicyclic) bond motifs is 1. The number of anilines is 1. The molecule has 0 saturated carbocycles. The molecule has 0 spiro atoms. The number of thioether (sulfide) groups is 1. The van der Waals surface area contributed by atoms with E-state index in [1.807, 2.05) is 30.3 Å². The van der Waals surface area contributed by atoms with Crippen molar-refractivity contribution < 1.29 is 4.79 Å². The fraction of sp³-hybridized carbons (Fsp3) is 0.227. The van der Waals surface area contributed by atoms with Gasteiger partial charge in [-0.25, -0.2) is 0 Å². The van der Waals surface area contributed by atoms with Crippen molar-refractivity contribution in [2.24, 2.45) is 0 Å². The molecule has 1 amide bonds. The third kappa shape index (κ3) is 4.43. The molecule has 3 aromatic carbocycles. The number of hydrogen-bond acceptors (Lipinski definition) is 2. The van der Waals surface area contributed by atoms with Crippen molar-refractivity contribution in [3.63, 3.8) is 0 Å². The third-order valence-corrected chi connectivity index (χ3v) is 5.46. The standard InChI is InChI=1S/C22H23NOS/c1-3-16(2)20-10-6-7-11-21(20)23-22(24)15-25-19-13-12-17-8-4-5-9-18(17)14-19/h4-14,16H,3,15H2,1-2H3,(H,23,24). The first-order valence-corrected chi connectivity index (χ1v) is 9.66. The van der Waals surface area contributed by atoms with Crippen LogP contribution in [-0.4, -0.2) is 11.7 Å². The highest BCUT2D eigenvalue weighted by Gasteiger charge is 2.11. The zero-order chi connectivity index (χ0) is 17.6. The quantitative estimate of drug-likeness (QED) is 0.546. The number of benzene rings is 3. The molecule has 1 atom stereocenters. The molecule has 0 aliphatic carbocycles. The lowest BCUT2D eigenvalue weighted by molar-refractivity contribution is -0.113. The van der Waals surface area contributed by atoms with E-state index in [0.29, 0.717) is 11.7 Å². The van der Waals surface area contributed by atoms with Crippen molar-refractivity contribution in [1.82, 2.24) is 0 Å². The summed E-state index contributed by atoms with van der Waals surface area (Å²) in [7, 11) is 0. The first-order valence-electron chi connectivity index (χ1n) is 8.67. The zero-order valence-corrected chi connectivity index (χ0v) is 15.5. The normalized spacial score (nSPS) is 12.1. The summed E-state index contributed by atoms with van der Waals surface area (Å²) in [5.74, 6) is 0.881. The van der Waals surface area contributed by atoms with E-state index in [1.54, 1.807) is 11.8 Å². The molecule has 0 aliphatic rings. The smallest absolute Gasteiger partial charge is 0.234 e. The molecule has 0 saturated heterocycles. The summed E-state index contributed by atoms with van der Waals surface area (Å²) in [5.41, 5.74) is 2.13. The molecular weight excluding hydrogens is 326 g/mol. The topological polar surface area (TPSA) is 29.1 Å². The van der Waals surface area contributed by atoms with Gasteiger partial charge in [-0.05, 0) is 46.9 Å². The Bertz CT molecular complexity index is 875. The van der Waals surface area contributed by atoms with Crippen LogP contribution in [0, 0.1) is 0 Å². The van der Waals surface area contributed by atoms with Crippen LogP contribution in [-0.2, 0) is 4.79 Å². The first kappa shape index (κ1) is 17.6. The minimum absolute atomic E-state index is 0.0360. The lowest BCUT2D eigenvalue weighted by atomic mass is 9.97. The Morgan fingerprint density at radius 2 is 1.72 bits per heavy atom. The van der Waals surface area contributed by atoms with Crippen molar-refractivity contribution in [2.75, 3.05) is 11.1 Å². The minimum Gasteiger partial charge on any atom is -0.325 e. The van der Waals surface area contributed by atoms with E-state index in [0.717, 1.165) is 17.0 Å². The maximum Gasteiger partial charge on any atom is 0.234 e. The van der Waals surface area contributed by atoms with E-state index in [2.05, 4.69) is 55.6 Å². The number of amides is 1. The van der Waals surface area contributed by atoms with E-state index in [4.69, 9.17) is 0 Å². The summed E-state index contributed by atoms with van der Waals surface area (Å²) < 4.78 is 0. The monoisotopic (exact) mass is 349 g/mol. The van der Waals surface area contributed by atoms with Crippen molar-refractivity contribution in [3.8, 4) is 0 Å². The molecule has 0 fully saturated rings. The maximum absolute atomic E-state index is 12.4. The average molecular weight is 349 g/mol. The van der Waals surface area contributed by atoms with Crippen LogP contribution in [0.1, 0.15) is 31.7 Å². The van der Waals surface area contributed by atoms with Gasteiger partial charge in [0.05, 0.1) is 5.75 Å². The molecule has 2 nitrogen and oxygen atoms in total. The van der Waals surface area contributed by atoms with Crippen LogP contribution in [0.2, 0.25) is 0 Å². The fourth-order valence-corrected chi connectivity index (χ4v) is 3.60. The van der Waals surface area contributed by atoms with Crippen molar-refractivity contribution in [2.45, 2.75) is 31.1 Å². The van der Waals surface area contributed by atoms with Crippen LogP contribution < -0.4 is 5.32 Å². The van der Waals surface area contributed by atoms with Gasteiger partial charge < -0.3 is 5.32 Å². The van der Waals surface area contributed by atoms with Gasteiger partial charge in [-0.3, -0.25) is 4.79 Å². The number of carbonyl (C=O) groups is 1. The second-order valence-corrected chi connectivity index (χ2v) is 7.29. The van der Waals surface area contributed by atoms with Crippen LogP contribution in [0.4, 0.5) is 5.69 Å². The van der Waals surface area contributed by atoms with Crippen LogP contribution in [0.15, 0.2) is 71.6 Å². The molecule has 3 aromatic rings. The van der Waals surface area contributed by atoms with E-state index in [9.17, 15) is 4.79 Å². The lowest BCUT2D eigenvalue weighted by Crippen LogP contribution is -2.15. The van der Waals surface area contributed by atoms with Crippen molar-refractivity contribution >= 4 is 34.1 Å². The van der Waals surface area contributed by atoms with Gasteiger partial charge in [-0.2, -0.15) is 0 Å². The van der Waals surface area contributed by atoms with Gasteiger partial charge in [0.15, 0.2) is 0 Å². The van der Waals surface area contributed by atoms with E-state index < -0.39 is 0 Å². The van der Waals surface area contributed by atoms with E-state index >= 15 is 0 Å². The molecule has 3 heteroatoms. The summed E-state index contributed by atoms with van der Waals surface area (Å²) in [4.78, 5) is 13.5. The predicted octanol–water partition coefficient (Wildman–Crippen LogP) is 6.08. The Morgan fingerprint density at radius 3 is 2.52 bits per heavy atom.